The second-order valence-electron chi connectivity index (χ2n) is 4.14. The molecule has 0 saturated heterocycles. The van der Waals surface area contributed by atoms with Crippen LogP contribution in [0.1, 0.15) is 11.3 Å². The summed E-state index contributed by atoms with van der Waals surface area (Å²) < 4.78 is 5.56. The van der Waals surface area contributed by atoms with Gasteiger partial charge in [0.05, 0.1) is 4.92 Å². The molecule has 8 heteroatoms. The maximum atomic E-state index is 11.0. The van der Waals surface area contributed by atoms with Crippen molar-refractivity contribution in [2.24, 2.45) is 10.9 Å². The Balaban J connectivity index is 2.41. The fourth-order valence-electron chi connectivity index (χ4n) is 1.70. The number of pyridine rings is 1. The lowest BCUT2D eigenvalue weighted by Gasteiger charge is -2.09. The van der Waals surface area contributed by atoms with E-state index in [2.05, 4.69) is 10.1 Å². The number of nitrogens with two attached hydrogens (primary N) is 1. The highest BCUT2D eigenvalue weighted by Crippen LogP contribution is 2.34. The molecule has 0 aliphatic rings. The molecule has 0 radical (unpaired) electrons. The van der Waals surface area contributed by atoms with Crippen LogP contribution in [0.5, 0.6) is 11.5 Å². The van der Waals surface area contributed by atoms with E-state index in [-0.39, 0.29) is 23.0 Å². The zero-order valence-corrected chi connectivity index (χ0v) is 11.1. The lowest BCUT2D eigenvalue weighted by molar-refractivity contribution is -0.385. The van der Waals surface area contributed by atoms with Gasteiger partial charge in [-0.25, -0.2) is 0 Å². The van der Waals surface area contributed by atoms with Crippen molar-refractivity contribution in [3.63, 3.8) is 0 Å². The summed E-state index contributed by atoms with van der Waals surface area (Å²) in [6.45, 7) is 1.70. The molecule has 0 saturated carbocycles. The molecule has 8 nitrogen and oxygen atoms in total. The van der Waals surface area contributed by atoms with E-state index >= 15 is 0 Å². The van der Waals surface area contributed by atoms with Gasteiger partial charge in [-0.2, -0.15) is 0 Å². The summed E-state index contributed by atoms with van der Waals surface area (Å²) in [4.78, 5) is 14.4. The van der Waals surface area contributed by atoms with Gasteiger partial charge in [-0.05, 0) is 18.6 Å². The van der Waals surface area contributed by atoms with Crippen LogP contribution in [0.25, 0.3) is 0 Å². The highest BCUT2D eigenvalue weighted by atomic mass is 16.6. The van der Waals surface area contributed by atoms with Gasteiger partial charge in [0.15, 0.2) is 5.84 Å². The number of para-hydroxylation sites is 1. The van der Waals surface area contributed by atoms with Gasteiger partial charge in [-0.3, -0.25) is 15.1 Å². The number of nitro groups is 1. The number of aryl methyl sites for hydroxylation is 1. The van der Waals surface area contributed by atoms with Crippen LogP contribution in [0.2, 0.25) is 0 Å². The Hall–Kier alpha value is -3.16. The lowest BCUT2D eigenvalue weighted by atomic mass is 10.2. The predicted molar refractivity (Wildman–Crippen MR) is 74.7 cm³/mol. The number of oxime groups is 1. The first kappa shape index (κ1) is 14.3. The zero-order chi connectivity index (χ0) is 15.4. The molecule has 3 N–H and O–H groups in total. The largest absolute Gasteiger partial charge is 0.450 e. The summed E-state index contributed by atoms with van der Waals surface area (Å²) in [6.07, 6.45) is 1.40. The fourth-order valence-corrected chi connectivity index (χ4v) is 1.70. The first-order valence-corrected chi connectivity index (χ1v) is 5.88. The van der Waals surface area contributed by atoms with Gasteiger partial charge >= 0.3 is 5.69 Å². The van der Waals surface area contributed by atoms with Crippen LogP contribution >= 0.6 is 0 Å². The van der Waals surface area contributed by atoms with Crippen molar-refractivity contribution in [3.8, 4) is 11.5 Å². The van der Waals surface area contributed by atoms with Crippen LogP contribution in [0.4, 0.5) is 5.69 Å². The summed E-state index contributed by atoms with van der Waals surface area (Å²) in [7, 11) is 0. The van der Waals surface area contributed by atoms with Gasteiger partial charge in [0.1, 0.15) is 11.4 Å². The second-order valence-corrected chi connectivity index (χ2v) is 4.14. The van der Waals surface area contributed by atoms with E-state index < -0.39 is 4.92 Å². The van der Waals surface area contributed by atoms with Gasteiger partial charge in [-0.1, -0.05) is 17.3 Å². The molecule has 0 fully saturated rings. The van der Waals surface area contributed by atoms with E-state index in [4.69, 9.17) is 15.7 Å². The minimum atomic E-state index is -0.520. The van der Waals surface area contributed by atoms with Crippen molar-refractivity contribution in [2.45, 2.75) is 6.92 Å². The number of aromatic nitrogens is 1. The Kier molecular flexibility index (Phi) is 3.98. The molecule has 0 aliphatic heterocycles. The quantitative estimate of drug-likeness (QED) is 0.292. The number of benzene rings is 1. The number of nitro benzene ring substituents is 1. The first-order chi connectivity index (χ1) is 10.0. The Bertz CT molecular complexity index is 715. The topological polar surface area (TPSA) is 124 Å². The third-order valence-corrected chi connectivity index (χ3v) is 2.71. The summed E-state index contributed by atoms with van der Waals surface area (Å²) >= 11 is 0. The van der Waals surface area contributed by atoms with Crippen LogP contribution in [0.3, 0.4) is 0 Å². The Labute approximate surface area is 119 Å². The normalized spacial score (nSPS) is 11.2. The highest BCUT2D eigenvalue weighted by Gasteiger charge is 2.18. The maximum Gasteiger partial charge on any atom is 0.311 e. The minimum absolute atomic E-state index is 0.138. The molecule has 2 rings (SSSR count). The summed E-state index contributed by atoms with van der Waals surface area (Å²) in [5.41, 5.74) is 6.11. The molecule has 0 atom stereocenters. The summed E-state index contributed by atoms with van der Waals surface area (Å²) in [5, 5.41) is 22.5. The highest BCUT2D eigenvalue weighted by molar-refractivity contribution is 5.95. The molecule has 21 heavy (non-hydrogen) atoms. The van der Waals surface area contributed by atoms with E-state index in [1.807, 2.05) is 0 Å². The van der Waals surface area contributed by atoms with Crippen molar-refractivity contribution in [1.29, 1.82) is 0 Å². The molecule has 108 valence electrons. The van der Waals surface area contributed by atoms with Gasteiger partial charge in [-0.15, -0.1) is 0 Å². The molecule has 0 spiro atoms. The van der Waals surface area contributed by atoms with Crippen LogP contribution in [-0.2, 0) is 0 Å². The van der Waals surface area contributed by atoms with Crippen molar-refractivity contribution in [3.05, 3.63) is 57.9 Å². The fraction of sp³-hybridized carbons (Fsp3) is 0.0769. The third kappa shape index (κ3) is 3.06. The Morgan fingerprint density at radius 1 is 1.48 bits per heavy atom. The SMILES string of the molecule is Cc1cccc([N+](=O)[O-])c1Oc1ccnc(/C(N)=N/O)c1. The van der Waals surface area contributed by atoms with Crippen LogP contribution in [-0.4, -0.2) is 21.0 Å². The predicted octanol–water partition coefficient (Wildman–Crippen LogP) is 2.19. The standard InChI is InChI=1S/C13H12N4O4/c1-8-3-2-4-11(17(19)20)12(8)21-9-5-6-15-10(7-9)13(14)16-18/h2-7,18H,1H3,(H2,14,16). The van der Waals surface area contributed by atoms with E-state index in [0.29, 0.717) is 11.3 Å². The monoisotopic (exact) mass is 288 g/mol. The van der Waals surface area contributed by atoms with E-state index in [1.54, 1.807) is 19.1 Å². The van der Waals surface area contributed by atoms with E-state index in [0.717, 1.165) is 0 Å². The van der Waals surface area contributed by atoms with Crippen molar-refractivity contribution in [2.75, 3.05) is 0 Å². The molecular formula is C13H12N4O4. The van der Waals surface area contributed by atoms with Crippen LogP contribution in [0, 0.1) is 17.0 Å². The average molecular weight is 288 g/mol. The molecule has 0 amide bonds. The molecular weight excluding hydrogens is 276 g/mol. The Morgan fingerprint density at radius 3 is 2.90 bits per heavy atom. The van der Waals surface area contributed by atoms with Gasteiger partial charge < -0.3 is 15.7 Å². The smallest absolute Gasteiger partial charge is 0.311 e. The van der Waals surface area contributed by atoms with E-state index in [9.17, 15) is 10.1 Å². The zero-order valence-electron chi connectivity index (χ0n) is 11.1. The number of amidine groups is 1. The average Bonchev–Trinajstić information content (AvgIpc) is 2.48. The number of hydrogen-bond donors (Lipinski definition) is 2. The molecule has 1 heterocycles. The molecule has 1 aromatic carbocycles. The number of hydrogen-bond acceptors (Lipinski definition) is 6. The molecule has 0 aliphatic carbocycles. The van der Waals surface area contributed by atoms with E-state index in [1.165, 1.54) is 24.4 Å². The van der Waals surface area contributed by atoms with Crippen molar-refractivity contribution in [1.82, 2.24) is 4.98 Å². The molecule has 2 aromatic rings. The van der Waals surface area contributed by atoms with Crippen LogP contribution < -0.4 is 10.5 Å². The second kappa shape index (κ2) is 5.87. The number of nitrogens with zero attached hydrogens (tertiary/aromatic N) is 3. The Morgan fingerprint density at radius 2 is 2.24 bits per heavy atom. The summed E-state index contributed by atoms with van der Waals surface area (Å²) in [5.74, 6) is 0.253. The third-order valence-electron chi connectivity index (χ3n) is 2.71. The number of ether oxygens (including phenoxy) is 1. The van der Waals surface area contributed by atoms with Crippen molar-refractivity contribution >= 4 is 11.5 Å². The molecule has 0 bridgehead atoms. The molecule has 1 aromatic heterocycles. The van der Waals surface area contributed by atoms with Gasteiger partial charge in [0.2, 0.25) is 5.75 Å². The maximum absolute atomic E-state index is 11.0. The lowest BCUT2D eigenvalue weighted by Crippen LogP contribution is -2.14. The minimum Gasteiger partial charge on any atom is -0.450 e. The number of rotatable bonds is 4. The van der Waals surface area contributed by atoms with Gasteiger partial charge in [0, 0.05) is 18.3 Å². The first-order valence-electron chi connectivity index (χ1n) is 5.88. The summed E-state index contributed by atoms with van der Waals surface area (Å²) in [6, 6.07) is 7.58. The molecule has 0 unspecified atom stereocenters. The van der Waals surface area contributed by atoms with Crippen molar-refractivity contribution < 1.29 is 14.9 Å². The van der Waals surface area contributed by atoms with Crippen LogP contribution in [0.15, 0.2) is 41.7 Å². The van der Waals surface area contributed by atoms with Gasteiger partial charge in [0.25, 0.3) is 0 Å².